The lowest BCUT2D eigenvalue weighted by atomic mass is 9.99. The van der Waals surface area contributed by atoms with E-state index in [2.05, 4.69) is 5.32 Å². The van der Waals surface area contributed by atoms with Gasteiger partial charge in [-0.1, -0.05) is 40.0 Å². The van der Waals surface area contributed by atoms with Crippen molar-refractivity contribution in [2.75, 3.05) is 0 Å². The summed E-state index contributed by atoms with van der Waals surface area (Å²) in [7, 11) is 0. The number of hydrogen-bond donors (Lipinski definition) is 2. The molecule has 7 heteroatoms. The largest absolute Gasteiger partial charge is 0.481 e. The second kappa shape index (κ2) is 11.8. The second-order valence-electron chi connectivity index (χ2n) is 7.66. The standard InChI is InChI=1S/C19H35NO6/c1-7-9-10-11-14(12-15(21)22)25-17(23)16(13(3)8-2)20-18(24)26-19(4,5)6/h13-14,16H,7-12H2,1-6H3,(H,20,24)(H,21,22)/t13-,14+,16+/m0/s1. The summed E-state index contributed by atoms with van der Waals surface area (Å²) in [6.45, 7) is 11.0. The van der Waals surface area contributed by atoms with Crippen LogP contribution in [0, 0.1) is 5.92 Å². The predicted octanol–water partition coefficient (Wildman–Crippen LogP) is 3.89. The summed E-state index contributed by atoms with van der Waals surface area (Å²) in [6.07, 6.45) is 2.23. The van der Waals surface area contributed by atoms with Crippen LogP contribution in [0.3, 0.4) is 0 Å². The number of carbonyl (C=O) groups is 3. The molecule has 0 aromatic heterocycles. The summed E-state index contributed by atoms with van der Waals surface area (Å²) >= 11 is 0. The number of aliphatic carboxylic acids is 1. The molecule has 0 aliphatic carbocycles. The fourth-order valence-corrected chi connectivity index (χ4v) is 2.36. The number of carboxylic acids is 1. The highest BCUT2D eigenvalue weighted by molar-refractivity contribution is 5.82. The maximum atomic E-state index is 12.6. The van der Waals surface area contributed by atoms with Crippen LogP contribution in [0.1, 0.15) is 80.1 Å². The molecule has 0 saturated carbocycles. The molecule has 0 bridgehead atoms. The SMILES string of the molecule is CCCCC[C@H](CC(=O)O)OC(=O)[C@H](NC(=O)OC(C)(C)C)[C@@H](C)CC. The molecule has 0 heterocycles. The monoisotopic (exact) mass is 373 g/mol. The number of nitrogens with one attached hydrogen (secondary N) is 1. The Hall–Kier alpha value is -1.79. The first-order valence-corrected chi connectivity index (χ1v) is 9.41. The molecular weight excluding hydrogens is 338 g/mol. The zero-order valence-corrected chi connectivity index (χ0v) is 17.0. The molecular formula is C19H35NO6. The van der Waals surface area contributed by atoms with Crippen LogP contribution in [0.2, 0.25) is 0 Å². The van der Waals surface area contributed by atoms with E-state index >= 15 is 0 Å². The topological polar surface area (TPSA) is 102 Å². The van der Waals surface area contributed by atoms with Crippen LogP contribution in [0.5, 0.6) is 0 Å². The molecule has 3 atom stereocenters. The number of rotatable bonds is 11. The summed E-state index contributed by atoms with van der Waals surface area (Å²) in [5, 5.41) is 11.6. The highest BCUT2D eigenvalue weighted by Gasteiger charge is 2.31. The van der Waals surface area contributed by atoms with Crippen LogP contribution >= 0.6 is 0 Å². The number of ether oxygens (including phenoxy) is 2. The van der Waals surface area contributed by atoms with Crippen LogP contribution in [-0.4, -0.2) is 40.9 Å². The predicted molar refractivity (Wildman–Crippen MR) is 98.9 cm³/mol. The molecule has 1 amide bonds. The fraction of sp³-hybridized carbons (Fsp3) is 0.842. The van der Waals surface area contributed by atoms with Gasteiger partial charge in [-0.25, -0.2) is 9.59 Å². The molecule has 0 unspecified atom stereocenters. The number of carboxylic acid groups (broad SMARTS) is 1. The smallest absolute Gasteiger partial charge is 0.408 e. The molecule has 0 aromatic rings. The van der Waals surface area contributed by atoms with Gasteiger partial charge in [-0.05, 0) is 39.5 Å². The van der Waals surface area contributed by atoms with Crippen molar-refractivity contribution in [1.29, 1.82) is 0 Å². The minimum absolute atomic E-state index is 0.170. The Balaban J connectivity index is 5.01. The molecule has 0 spiro atoms. The number of amides is 1. The maximum Gasteiger partial charge on any atom is 0.408 e. The van der Waals surface area contributed by atoms with Gasteiger partial charge in [-0.3, -0.25) is 4.79 Å². The summed E-state index contributed by atoms with van der Waals surface area (Å²) in [4.78, 5) is 35.7. The Bertz CT molecular complexity index is 457. The summed E-state index contributed by atoms with van der Waals surface area (Å²) in [5.41, 5.74) is -0.681. The van der Waals surface area contributed by atoms with Gasteiger partial charge in [0.25, 0.3) is 0 Å². The van der Waals surface area contributed by atoms with E-state index in [9.17, 15) is 14.4 Å². The molecule has 152 valence electrons. The first kappa shape index (κ1) is 24.2. The third-order valence-electron chi connectivity index (χ3n) is 3.95. The van der Waals surface area contributed by atoms with E-state index in [1.807, 2.05) is 20.8 Å². The third-order valence-corrected chi connectivity index (χ3v) is 3.95. The lowest BCUT2D eigenvalue weighted by Gasteiger charge is -2.27. The van der Waals surface area contributed by atoms with Crippen LogP contribution < -0.4 is 5.32 Å². The lowest BCUT2D eigenvalue weighted by molar-refractivity contribution is -0.156. The van der Waals surface area contributed by atoms with Crippen molar-refractivity contribution >= 4 is 18.0 Å². The third kappa shape index (κ3) is 10.9. The van der Waals surface area contributed by atoms with Gasteiger partial charge in [0, 0.05) is 0 Å². The van der Waals surface area contributed by atoms with Crippen molar-refractivity contribution in [2.24, 2.45) is 5.92 Å². The van der Waals surface area contributed by atoms with E-state index < -0.39 is 35.8 Å². The van der Waals surface area contributed by atoms with Crippen LogP contribution in [-0.2, 0) is 19.1 Å². The lowest BCUT2D eigenvalue weighted by Crippen LogP contribution is -2.48. The van der Waals surface area contributed by atoms with Gasteiger partial charge >= 0.3 is 18.0 Å². The fourth-order valence-electron chi connectivity index (χ4n) is 2.36. The van der Waals surface area contributed by atoms with Gasteiger partial charge < -0.3 is 19.9 Å². The molecule has 0 aliphatic heterocycles. The number of hydrogen-bond acceptors (Lipinski definition) is 5. The van der Waals surface area contributed by atoms with E-state index in [0.29, 0.717) is 12.8 Å². The Kier molecular flexibility index (Phi) is 10.9. The van der Waals surface area contributed by atoms with Crippen LogP contribution in [0.4, 0.5) is 4.79 Å². The van der Waals surface area contributed by atoms with Gasteiger partial charge in [-0.2, -0.15) is 0 Å². The maximum absolute atomic E-state index is 12.6. The van der Waals surface area contributed by atoms with Crippen molar-refractivity contribution in [2.45, 2.75) is 97.8 Å². The number of unbranched alkanes of at least 4 members (excludes halogenated alkanes) is 2. The van der Waals surface area contributed by atoms with Crippen LogP contribution in [0.25, 0.3) is 0 Å². The van der Waals surface area contributed by atoms with Crippen molar-refractivity contribution in [1.82, 2.24) is 5.32 Å². The van der Waals surface area contributed by atoms with Gasteiger partial charge in [0.15, 0.2) is 0 Å². The Morgan fingerprint density at radius 1 is 1.12 bits per heavy atom. The molecule has 0 aromatic carbocycles. The van der Waals surface area contributed by atoms with Crippen molar-refractivity contribution in [3.63, 3.8) is 0 Å². The molecule has 0 aliphatic rings. The van der Waals surface area contributed by atoms with E-state index in [1.54, 1.807) is 20.8 Å². The average molecular weight is 373 g/mol. The Morgan fingerprint density at radius 2 is 1.73 bits per heavy atom. The number of esters is 1. The van der Waals surface area contributed by atoms with Gasteiger partial charge in [0.2, 0.25) is 0 Å². The summed E-state index contributed by atoms with van der Waals surface area (Å²) < 4.78 is 10.6. The van der Waals surface area contributed by atoms with E-state index in [0.717, 1.165) is 19.3 Å². The summed E-state index contributed by atoms with van der Waals surface area (Å²) in [6, 6.07) is -0.877. The van der Waals surface area contributed by atoms with E-state index in [-0.39, 0.29) is 12.3 Å². The molecule has 0 radical (unpaired) electrons. The van der Waals surface area contributed by atoms with E-state index in [4.69, 9.17) is 14.6 Å². The van der Waals surface area contributed by atoms with Crippen molar-refractivity contribution in [3.8, 4) is 0 Å². The molecule has 0 rings (SSSR count). The van der Waals surface area contributed by atoms with Gasteiger partial charge in [-0.15, -0.1) is 0 Å². The molecule has 2 N–H and O–H groups in total. The normalized spacial score (nSPS) is 14.8. The molecule has 0 saturated heterocycles. The van der Waals surface area contributed by atoms with Gasteiger partial charge in [0.1, 0.15) is 17.7 Å². The van der Waals surface area contributed by atoms with Crippen molar-refractivity contribution < 1.29 is 29.0 Å². The van der Waals surface area contributed by atoms with Gasteiger partial charge in [0.05, 0.1) is 6.42 Å². The zero-order valence-electron chi connectivity index (χ0n) is 17.0. The highest BCUT2D eigenvalue weighted by atomic mass is 16.6. The first-order chi connectivity index (χ1) is 12.0. The minimum atomic E-state index is -1.01. The van der Waals surface area contributed by atoms with Crippen molar-refractivity contribution in [3.05, 3.63) is 0 Å². The molecule has 0 fully saturated rings. The second-order valence-corrected chi connectivity index (χ2v) is 7.66. The number of carbonyl (C=O) groups excluding carboxylic acids is 2. The highest BCUT2D eigenvalue weighted by Crippen LogP contribution is 2.16. The summed E-state index contributed by atoms with van der Waals surface area (Å²) in [5.74, 6) is -1.80. The number of alkyl carbamates (subject to hydrolysis) is 1. The van der Waals surface area contributed by atoms with E-state index in [1.165, 1.54) is 0 Å². The quantitative estimate of drug-likeness (QED) is 0.421. The Labute approximate surface area is 156 Å². The first-order valence-electron chi connectivity index (χ1n) is 9.41. The minimum Gasteiger partial charge on any atom is -0.481 e. The molecule has 7 nitrogen and oxygen atoms in total. The van der Waals surface area contributed by atoms with Crippen LogP contribution in [0.15, 0.2) is 0 Å². The Morgan fingerprint density at radius 3 is 2.19 bits per heavy atom. The molecule has 26 heavy (non-hydrogen) atoms. The zero-order chi connectivity index (χ0) is 20.3. The average Bonchev–Trinajstić information content (AvgIpc) is 2.49.